The van der Waals surface area contributed by atoms with Crippen molar-refractivity contribution in [2.24, 2.45) is 0 Å². The fourth-order valence-corrected chi connectivity index (χ4v) is 3.24. The average molecular weight is 408 g/mol. The second kappa shape index (κ2) is 8.03. The Morgan fingerprint density at radius 2 is 1.90 bits per heavy atom. The van der Waals surface area contributed by atoms with Crippen LogP contribution >= 0.6 is 11.6 Å². The largest absolute Gasteiger partial charge is 0.387 e. The molecule has 1 amide bonds. The highest BCUT2D eigenvalue weighted by molar-refractivity contribution is 6.30. The number of nitrogens with zero attached hydrogens (tertiary/aromatic N) is 2. The molecule has 2 aromatic carbocycles. The summed E-state index contributed by atoms with van der Waals surface area (Å²) < 4.78 is 5.30. The van der Waals surface area contributed by atoms with E-state index in [-0.39, 0.29) is 12.5 Å². The van der Waals surface area contributed by atoms with E-state index >= 15 is 0 Å². The third-order valence-electron chi connectivity index (χ3n) is 4.64. The highest BCUT2D eigenvalue weighted by Gasteiger charge is 2.20. The van der Waals surface area contributed by atoms with Crippen LogP contribution in [-0.4, -0.2) is 27.7 Å². The molecule has 0 saturated heterocycles. The zero-order valence-corrected chi connectivity index (χ0v) is 16.3. The van der Waals surface area contributed by atoms with Crippen LogP contribution in [0.5, 0.6) is 0 Å². The third kappa shape index (κ3) is 3.99. The third-order valence-corrected chi connectivity index (χ3v) is 4.89. The first-order valence-corrected chi connectivity index (χ1v) is 9.45. The van der Waals surface area contributed by atoms with E-state index in [1.165, 1.54) is 0 Å². The summed E-state index contributed by atoms with van der Waals surface area (Å²) in [7, 11) is 0. The standard InChI is InChI=1S/C22H18ClN3O3/c1-13-20-17(21(28)24-12-19(27)15-7-9-16(23)10-8-15)11-18(25-22(20)29-26-13)14-5-3-2-4-6-14/h2-11,19,27H,12H2,1H3,(H,24,28)/t19-/m1/s1. The van der Waals surface area contributed by atoms with Crippen molar-refractivity contribution in [1.29, 1.82) is 0 Å². The van der Waals surface area contributed by atoms with Crippen LogP contribution in [0.25, 0.3) is 22.4 Å². The Morgan fingerprint density at radius 3 is 2.62 bits per heavy atom. The number of aryl methyl sites for hydroxylation is 1. The van der Waals surface area contributed by atoms with E-state index in [0.717, 1.165) is 5.56 Å². The predicted molar refractivity (Wildman–Crippen MR) is 111 cm³/mol. The zero-order valence-electron chi connectivity index (χ0n) is 15.6. The van der Waals surface area contributed by atoms with E-state index in [0.29, 0.717) is 38.6 Å². The molecule has 2 N–H and O–H groups in total. The minimum absolute atomic E-state index is 0.0509. The van der Waals surface area contributed by atoms with E-state index < -0.39 is 6.10 Å². The Labute approximate surface area is 172 Å². The summed E-state index contributed by atoms with van der Waals surface area (Å²) in [5.41, 5.74) is 3.41. The van der Waals surface area contributed by atoms with E-state index in [4.69, 9.17) is 16.1 Å². The predicted octanol–water partition coefficient (Wildman–Crippen LogP) is 4.32. The number of amides is 1. The van der Waals surface area contributed by atoms with Gasteiger partial charge in [-0.05, 0) is 30.7 Å². The maximum absolute atomic E-state index is 12.9. The quantitative estimate of drug-likeness (QED) is 0.514. The molecule has 0 bridgehead atoms. The Hall–Kier alpha value is -3.22. The molecule has 1 atom stereocenters. The molecule has 2 heterocycles. The van der Waals surface area contributed by atoms with Crippen molar-refractivity contribution in [2.45, 2.75) is 13.0 Å². The molecule has 0 unspecified atom stereocenters. The molecule has 0 fully saturated rings. The minimum Gasteiger partial charge on any atom is -0.387 e. The van der Waals surface area contributed by atoms with Crippen molar-refractivity contribution in [3.05, 3.63) is 82.5 Å². The van der Waals surface area contributed by atoms with Crippen molar-refractivity contribution >= 4 is 28.6 Å². The van der Waals surface area contributed by atoms with Gasteiger partial charge in [0.15, 0.2) is 0 Å². The average Bonchev–Trinajstić information content (AvgIpc) is 3.13. The van der Waals surface area contributed by atoms with Crippen molar-refractivity contribution in [2.75, 3.05) is 6.54 Å². The Bertz CT molecular complexity index is 1160. The van der Waals surface area contributed by atoms with Crippen LogP contribution in [0.4, 0.5) is 0 Å². The summed E-state index contributed by atoms with van der Waals surface area (Å²) in [6, 6.07) is 18.1. The molecule has 0 aliphatic rings. The lowest BCUT2D eigenvalue weighted by Crippen LogP contribution is -2.28. The number of aliphatic hydroxyl groups excluding tert-OH is 1. The molecule has 6 nitrogen and oxygen atoms in total. The Kier molecular flexibility index (Phi) is 5.29. The Balaban J connectivity index is 1.62. The lowest BCUT2D eigenvalue weighted by molar-refractivity contribution is 0.0918. The van der Waals surface area contributed by atoms with Crippen LogP contribution in [0.3, 0.4) is 0 Å². The number of pyridine rings is 1. The van der Waals surface area contributed by atoms with Crippen LogP contribution in [0, 0.1) is 6.92 Å². The van der Waals surface area contributed by atoms with Crippen LogP contribution < -0.4 is 5.32 Å². The second-order valence-electron chi connectivity index (χ2n) is 6.65. The van der Waals surface area contributed by atoms with Crippen molar-refractivity contribution < 1.29 is 14.4 Å². The van der Waals surface area contributed by atoms with E-state index in [2.05, 4.69) is 15.5 Å². The van der Waals surface area contributed by atoms with Gasteiger partial charge >= 0.3 is 0 Å². The van der Waals surface area contributed by atoms with Gasteiger partial charge in [0.05, 0.1) is 28.4 Å². The minimum atomic E-state index is -0.856. The molecule has 146 valence electrons. The van der Waals surface area contributed by atoms with Crippen molar-refractivity contribution in [1.82, 2.24) is 15.5 Å². The second-order valence-corrected chi connectivity index (χ2v) is 7.08. The summed E-state index contributed by atoms with van der Waals surface area (Å²) in [5, 5.41) is 18.2. The summed E-state index contributed by atoms with van der Waals surface area (Å²) in [6.07, 6.45) is -0.856. The maximum atomic E-state index is 12.9. The SMILES string of the molecule is Cc1noc2nc(-c3ccccc3)cc(C(=O)NC[C@@H](O)c3ccc(Cl)cc3)c12. The van der Waals surface area contributed by atoms with Crippen molar-refractivity contribution in [3.63, 3.8) is 0 Å². The number of rotatable bonds is 5. The first kappa shape index (κ1) is 19.1. The first-order chi connectivity index (χ1) is 14.0. The number of aliphatic hydroxyl groups is 1. The molecule has 0 aliphatic heterocycles. The number of carbonyl (C=O) groups is 1. The summed E-state index contributed by atoms with van der Waals surface area (Å²) in [4.78, 5) is 17.4. The van der Waals surface area contributed by atoms with Crippen LogP contribution in [0.15, 0.2) is 65.2 Å². The van der Waals surface area contributed by atoms with Gasteiger partial charge in [-0.1, -0.05) is 59.2 Å². The molecule has 0 saturated carbocycles. The molecule has 2 aromatic heterocycles. The molecule has 4 aromatic rings. The lowest BCUT2D eigenvalue weighted by Gasteiger charge is -2.13. The number of benzene rings is 2. The molecule has 7 heteroatoms. The molecule has 0 radical (unpaired) electrons. The first-order valence-electron chi connectivity index (χ1n) is 9.07. The zero-order chi connectivity index (χ0) is 20.4. The highest BCUT2D eigenvalue weighted by Crippen LogP contribution is 2.27. The number of carbonyl (C=O) groups excluding carboxylic acids is 1. The van der Waals surface area contributed by atoms with Crippen LogP contribution in [0.1, 0.15) is 27.7 Å². The van der Waals surface area contributed by atoms with Gasteiger partial charge in [-0.15, -0.1) is 0 Å². The van der Waals surface area contributed by atoms with Gasteiger partial charge in [0.25, 0.3) is 11.6 Å². The summed E-state index contributed by atoms with van der Waals surface area (Å²) in [5.74, 6) is -0.339. The number of hydrogen-bond donors (Lipinski definition) is 2. The number of fused-ring (bicyclic) bond motifs is 1. The lowest BCUT2D eigenvalue weighted by atomic mass is 10.0. The monoisotopic (exact) mass is 407 g/mol. The summed E-state index contributed by atoms with van der Waals surface area (Å²) >= 11 is 5.88. The smallest absolute Gasteiger partial charge is 0.259 e. The van der Waals surface area contributed by atoms with Gasteiger partial charge in [-0.3, -0.25) is 4.79 Å². The topological polar surface area (TPSA) is 88.2 Å². The van der Waals surface area contributed by atoms with Crippen LogP contribution in [0.2, 0.25) is 5.02 Å². The normalized spacial score (nSPS) is 12.1. The molecular weight excluding hydrogens is 390 g/mol. The molecular formula is C22H18ClN3O3. The van der Waals surface area contributed by atoms with Gasteiger partial charge in [-0.25, -0.2) is 4.98 Å². The van der Waals surface area contributed by atoms with Gasteiger partial charge in [0.1, 0.15) is 0 Å². The van der Waals surface area contributed by atoms with Gasteiger partial charge in [0, 0.05) is 17.1 Å². The molecule has 0 spiro atoms. The molecule has 29 heavy (non-hydrogen) atoms. The molecule has 4 rings (SSSR count). The highest BCUT2D eigenvalue weighted by atomic mass is 35.5. The number of aromatic nitrogens is 2. The van der Waals surface area contributed by atoms with Gasteiger partial charge in [0.2, 0.25) is 0 Å². The number of hydrogen-bond acceptors (Lipinski definition) is 5. The summed E-state index contributed by atoms with van der Waals surface area (Å²) in [6.45, 7) is 1.81. The van der Waals surface area contributed by atoms with Gasteiger partial charge in [-0.2, -0.15) is 0 Å². The fourth-order valence-electron chi connectivity index (χ4n) is 3.12. The maximum Gasteiger partial charge on any atom is 0.259 e. The van der Waals surface area contributed by atoms with E-state index in [1.54, 1.807) is 37.3 Å². The number of halogens is 1. The fraction of sp³-hybridized carbons (Fsp3) is 0.136. The van der Waals surface area contributed by atoms with Gasteiger partial charge < -0.3 is 14.9 Å². The molecule has 0 aliphatic carbocycles. The number of nitrogens with one attached hydrogen (secondary N) is 1. The van der Waals surface area contributed by atoms with Crippen LogP contribution in [-0.2, 0) is 0 Å². The van der Waals surface area contributed by atoms with E-state index in [1.807, 2.05) is 30.3 Å². The Morgan fingerprint density at radius 1 is 1.17 bits per heavy atom. The van der Waals surface area contributed by atoms with E-state index in [9.17, 15) is 9.90 Å². The van der Waals surface area contributed by atoms with Crippen molar-refractivity contribution in [3.8, 4) is 11.3 Å².